The number of hydrogen-bond donors (Lipinski definition) is 1. The normalized spacial score (nSPS) is 17.1. The highest BCUT2D eigenvalue weighted by Crippen LogP contribution is 2.37. The number of fused-ring (bicyclic) bond motifs is 4. The van der Waals surface area contributed by atoms with Crippen LogP contribution in [0.15, 0.2) is 79.3 Å². The average molecular weight is 587 g/mol. The summed E-state index contributed by atoms with van der Waals surface area (Å²) in [5.41, 5.74) is 3.81. The summed E-state index contributed by atoms with van der Waals surface area (Å²) in [6.07, 6.45) is 4.50. The summed E-state index contributed by atoms with van der Waals surface area (Å²) in [6.45, 7) is 1.85. The fourth-order valence-electron chi connectivity index (χ4n) is 5.48. The van der Waals surface area contributed by atoms with E-state index in [0.717, 1.165) is 10.3 Å². The lowest BCUT2D eigenvalue weighted by molar-refractivity contribution is -0.614. The van der Waals surface area contributed by atoms with Crippen LogP contribution in [0.2, 0.25) is 5.02 Å². The minimum Gasteiger partial charge on any atom is -0.618 e. The van der Waals surface area contributed by atoms with E-state index in [1.165, 1.54) is 35.4 Å². The molecule has 212 valence electrons. The van der Waals surface area contributed by atoms with Crippen molar-refractivity contribution in [3.8, 4) is 27.9 Å². The molecule has 0 spiro atoms. The first-order chi connectivity index (χ1) is 20.3. The standard InChI is InChI=1S/C31H25ClF2N6O2/c1-18-4-2-7-23(19-5-3-6-20(14-19)24-15-22(33)9-11-26(24)36-31(18)41)27-12-8-21(16-40(27)42)29-28(39-17-35-37-38-39)13-10-25(32)30(29)34/h3,5-6,8-18,23H,2,4,7H2,1H3,(H,36,41). The summed E-state index contributed by atoms with van der Waals surface area (Å²) in [7, 11) is 0. The zero-order valence-electron chi connectivity index (χ0n) is 22.5. The topological polar surface area (TPSA) is 99.6 Å². The van der Waals surface area contributed by atoms with Gasteiger partial charge >= 0.3 is 0 Å². The molecule has 0 saturated heterocycles. The van der Waals surface area contributed by atoms with Crippen LogP contribution in [0.25, 0.3) is 27.9 Å². The van der Waals surface area contributed by atoms with Crippen LogP contribution in [0, 0.1) is 22.8 Å². The van der Waals surface area contributed by atoms with Crippen molar-refractivity contribution in [2.24, 2.45) is 5.92 Å². The molecule has 6 rings (SSSR count). The second-order valence-corrected chi connectivity index (χ2v) is 10.8. The Bertz CT molecular complexity index is 1800. The maximum atomic E-state index is 15.4. The molecule has 0 saturated carbocycles. The fraction of sp³-hybridized carbons (Fsp3) is 0.194. The number of carbonyl (C=O) groups is 1. The highest BCUT2D eigenvalue weighted by atomic mass is 35.5. The predicted molar refractivity (Wildman–Crippen MR) is 154 cm³/mol. The molecule has 0 aliphatic carbocycles. The smallest absolute Gasteiger partial charge is 0.227 e. The zero-order valence-corrected chi connectivity index (χ0v) is 23.2. The Kier molecular flexibility index (Phi) is 7.38. The molecule has 2 atom stereocenters. The van der Waals surface area contributed by atoms with Crippen LogP contribution in [0.4, 0.5) is 14.5 Å². The number of nitrogens with zero attached hydrogens (tertiary/aromatic N) is 5. The number of pyridine rings is 1. The number of anilines is 1. The maximum Gasteiger partial charge on any atom is 0.227 e. The zero-order chi connectivity index (χ0) is 29.4. The van der Waals surface area contributed by atoms with Gasteiger partial charge in [0.2, 0.25) is 5.91 Å². The van der Waals surface area contributed by atoms with E-state index in [9.17, 15) is 14.4 Å². The van der Waals surface area contributed by atoms with Crippen LogP contribution >= 0.6 is 11.6 Å². The Morgan fingerprint density at radius 1 is 1.05 bits per heavy atom. The lowest BCUT2D eigenvalue weighted by atomic mass is 9.86. The largest absolute Gasteiger partial charge is 0.618 e. The summed E-state index contributed by atoms with van der Waals surface area (Å²) >= 11 is 6.11. The van der Waals surface area contributed by atoms with Crippen LogP contribution < -0.4 is 10.0 Å². The highest BCUT2D eigenvalue weighted by Gasteiger charge is 2.27. The van der Waals surface area contributed by atoms with Crippen LogP contribution in [0.5, 0.6) is 0 Å². The molecule has 1 N–H and O–H groups in total. The van der Waals surface area contributed by atoms with E-state index >= 15 is 4.39 Å². The third-order valence-corrected chi connectivity index (χ3v) is 7.97. The summed E-state index contributed by atoms with van der Waals surface area (Å²) < 4.78 is 31.7. The number of nitrogens with one attached hydrogen (secondary N) is 1. The SMILES string of the molecule is CC1CCCC(c2ccc(-c3c(-n4cnnn4)ccc(Cl)c3F)c[n+]2[O-])c2cccc(c2)-c2cc(F)ccc2NC1=O. The van der Waals surface area contributed by atoms with E-state index in [1.807, 2.05) is 31.2 Å². The van der Waals surface area contributed by atoms with E-state index in [0.29, 0.717) is 53.0 Å². The van der Waals surface area contributed by atoms with Crippen molar-refractivity contribution in [3.05, 3.63) is 112 Å². The number of aromatic nitrogens is 5. The molecule has 1 amide bonds. The molecule has 1 aliphatic heterocycles. The van der Waals surface area contributed by atoms with Crippen molar-refractivity contribution in [2.75, 3.05) is 5.32 Å². The summed E-state index contributed by atoms with van der Waals surface area (Å²) in [6, 6.07) is 18.2. The Morgan fingerprint density at radius 2 is 1.90 bits per heavy atom. The number of benzene rings is 3. The molecule has 2 bridgehead atoms. The minimum absolute atomic E-state index is 0.0881. The van der Waals surface area contributed by atoms with E-state index < -0.39 is 11.6 Å². The molecule has 1 aliphatic rings. The molecule has 0 radical (unpaired) electrons. The first-order valence-electron chi connectivity index (χ1n) is 13.5. The molecule has 2 unspecified atom stereocenters. The van der Waals surface area contributed by atoms with Gasteiger partial charge in [0.25, 0.3) is 0 Å². The number of amides is 1. The third kappa shape index (κ3) is 5.21. The van der Waals surface area contributed by atoms with Crippen molar-refractivity contribution in [1.82, 2.24) is 20.2 Å². The number of carbonyl (C=O) groups excluding carboxylic acids is 1. The van der Waals surface area contributed by atoms with Gasteiger partial charge in [-0.3, -0.25) is 4.79 Å². The first-order valence-corrected chi connectivity index (χ1v) is 13.8. The Morgan fingerprint density at radius 3 is 2.69 bits per heavy atom. The fourth-order valence-corrected chi connectivity index (χ4v) is 5.63. The summed E-state index contributed by atoms with van der Waals surface area (Å²) in [5.74, 6) is -1.91. The van der Waals surface area contributed by atoms with E-state index in [-0.39, 0.29) is 28.3 Å². The van der Waals surface area contributed by atoms with Crippen LogP contribution in [0.1, 0.15) is 43.4 Å². The van der Waals surface area contributed by atoms with Crippen LogP contribution in [0.3, 0.4) is 0 Å². The quantitative estimate of drug-likeness (QED) is 0.193. The molecule has 0 fully saturated rings. The van der Waals surface area contributed by atoms with E-state index in [1.54, 1.807) is 24.3 Å². The van der Waals surface area contributed by atoms with Crippen LogP contribution in [-0.2, 0) is 4.79 Å². The monoisotopic (exact) mass is 586 g/mol. The summed E-state index contributed by atoms with van der Waals surface area (Å²) in [5, 5.41) is 27.6. The van der Waals surface area contributed by atoms with E-state index in [2.05, 4.69) is 20.8 Å². The Balaban J connectivity index is 1.46. The van der Waals surface area contributed by atoms with Crippen molar-refractivity contribution in [3.63, 3.8) is 0 Å². The van der Waals surface area contributed by atoms with Crippen molar-refractivity contribution >= 4 is 23.2 Å². The second kappa shape index (κ2) is 11.3. The molecule has 5 aromatic rings. The molecule has 2 aromatic heterocycles. The lowest BCUT2D eigenvalue weighted by Gasteiger charge is -2.22. The van der Waals surface area contributed by atoms with Crippen molar-refractivity contribution in [1.29, 1.82) is 0 Å². The molecule has 3 heterocycles. The van der Waals surface area contributed by atoms with Gasteiger partial charge in [0.1, 0.15) is 12.1 Å². The molecular formula is C31H25ClF2N6O2. The highest BCUT2D eigenvalue weighted by molar-refractivity contribution is 6.31. The molecule has 42 heavy (non-hydrogen) atoms. The van der Waals surface area contributed by atoms with Crippen LogP contribution in [-0.4, -0.2) is 26.1 Å². The van der Waals surface area contributed by atoms with Gasteiger partial charge < -0.3 is 10.5 Å². The molecule has 8 nitrogen and oxygen atoms in total. The van der Waals surface area contributed by atoms with Gasteiger partial charge in [-0.05, 0) is 70.8 Å². The lowest BCUT2D eigenvalue weighted by Crippen LogP contribution is -2.34. The van der Waals surface area contributed by atoms with Gasteiger partial charge in [-0.15, -0.1) is 5.10 Å². The van der Waals surface area contributed by atoms with Gasteiger partial charge in [-0.2, -0.15) is 9.41 Å². The van der Waals surface area contributed by atoms with Crippen molar-refractivity contribution in [2.45, 2.75) is 32.1 Å². The van der Waals surface area contributed by atoms with Gasteiger partial charge in [0.05, 0.1) is 27.8 Å². The number of hydrogen-bond acceptors (Lipinski definition) is 5. The van der Waals surface area contributed by atoms with Gasteiger partial charge in [-0.25, -0.2) is 8.78 Å². The number of rotatable bonds is 3. The van der Waals surface area contributed by atoms with E-state index in [4.69, 9.17) is 11.6 Å². The number of halogens is 3. The maximum absolute atomic E-state index is 15.4. The van der Waals surface area contributed by atoms with Gasteiger partial charge in [-0.1, -0.05) is 49.2 Å². The van der Waals surface area contributed by atoms with Crippen molar-refractivity contribution < 1.29 is 18.3 Å². The van der Waals surface area contributed by atoms with Gasteiger partial charge in [0.15, 0.2) is 17.7 Å². The van der Waals surface area contributed by atoms with Gasteiger partial charge in [0, 0.05) is 23.2 Å². The minimum atomic E-state index is -0.700. The summed E-state index contributed by atoms with van der Waals surface area (Å²) in [4.78, 5) is 12.9. The average Bonchev–Trinajstić information content (AvgIpc) is 3.52. The predicted octanol–water partition coefficient (Wildman–Crippen LogP) is 6.45. The Labute approximate surface area is 245 Å². The molecular weight excluding hydrogens is 562 g/mol. The third-order valence-electron chi connectivity index (χ3n) is 7.68. The molecule has 3 aromatic carbocycles. The Hall–Kier alpha value is -4.70. The first kappa shape index (κ1) is 27.5. The molecule has 11 heteroatoms. The number of tetrazole rings is 1. The second-order valence-electron chi connectivity index (χ2n) is 10.4.